The van der Waals surface area contributed by atoms with Gasteiger partial charge >= 0.3 is 12.1 Å². The molecule has 2 heterocycles. The van der Waals surface area contributed by atoms with E-state index in [1.165, 1.54) is 24.3 Å². The number of esters is 1. The molecule has 33 heavy (non-hydrogen) atoms. The molecule has 0 atom stereocenters. The third-order valence-corrected chi connectivity index (χ3v) is 5.45. The smallest absolute Gasteiger partial charge is 0.435 e. The second kappa shape index (κ2) is 8.74. The Labute approximate surface area is 199 Å². The summed E-state index contributed by atoms with van der Waals surface area (Å²) < 4.78 is 52.7. The average molecular weight is 517 g/mol. The van der Waals surface area contributed by atoms with Gasteiger partial charge in [-0.15, -0.1) is 0 Å². The van der Waals surface area contributed by atoms with Crippen LogP contribution in [-0.2, 0) is 10.9 Å². The van der Waals surface area contributed by atoms with Crippen LogP contribution in [0.3, 0.4) is 0 Å². The number of halogens is 6. The van der Waals surface area contributed by atoms with Crippen molar-refractivity contribution in [2.24, 2.45) is 0 Å². The zero-order chi connectivity index (χ0) is 23.9. The fourth-order valence-corrected chi connectivity index (χ4v) is 3.92. The molecule has 0 saturated heterocycles. The van der Waals surface area contributed by atoms with Gasteiger partial charge in [-0.25, -0.2) is 9.48 Å². The van der Waals surface area contributed by atoms with Gasteiger partial charge in [-0.3, -0.25) is 0 Å². The van der Waals surface area contributed by atoms with Crippen molar-refractivity contribution in [1.29, 1.82) is 0 Å². The predicted octanol–water partition coefficient (Wildman–Crippen LogP) is 6.96. The van der Waals surface area contributed by atoms with E-state index in [2.05, 4.69) is 10.3 Å². The van der Waals surface area contributed by atoms with Gasteiger partial charge in [0.1, 0.15) is 11.3 Å². The molecule has 0 amide bonds. The molecule has 170 valence electrons. The third kappa shape index (κ3) is 4.31. The van der Waals surface area contributed by atoms with Crippen molar-refractivity contribution in [2.75, 3.05) is 7.11 Å². The van der Waals surface area contributed by atoms with Gasteiger partial charge in [0.2, 0.25) is 0 Å². The van der Waals surface area contributed by atoms with E-state index in [9.17, 15) is 18.0 Å². The van der Waals surface area contributed by atoms with Crippen LogP contribution in [0.5, 0.6) is 0 Å². The third-order valence-electron chi connectivity index (χ3n) is 4.58. The number of aromatic nitrogens is 3. The number of alkyl halides is 3. The lowest BCUT2D eigenvalue weighted by molar-refractivity contribution is -0.140. The number of rotatable bonds is 4. The van der Waals surface area contributed by atoms with Crippen LogP contribution in [0.2, 0.25) is 15.1 Å². The van der Waals surface area contributed by atoms with E-state index in [4.69, 9.17) is 44.1 Å². The average Bonchev–Trinajstić information content (AvgIpc) is 3.38. The second-order valence-corrected chi connectivity index (χ2v) is 7.89. The van der Waals surface area contributed by atoms with E-state index in [-0.39, 0.29) is 32.6 Å². The van der Waals surface area contributed by atoms with Gasteiger partial charge < -0.3 is 9.26 Å². The van der Waals surface area contributed by atoms with Gasteiger partial charge in [0.05, 0.1) is 28.4 Å². The van der Waals surface area contributed by atoms with E-state index in [1.54, 1.807) is 18.2 Å². The summed E-state index contributed by atoms with van der Waals surface area (Å²) in [5, 5.41) is 7.97. The maximum absolute atomic E-state index is 13.9. The molecule has 0 spiro atoms. The lowest BCUT2D eigenvalue weighted by Gasteiger charge is -2.07. The van der Waals surface area contributed by atoms with Gasteiger partial charge in [-0.05, 0) is 30.3 Å². The quantitative estimate of drug-likeness (QED) is 0.274. The largest absolute Gasteiger partial charge is 0.465 e. The van der Waals surface area contributed by atoms with Crippen LogP contribution in [-0.4, -0.2) is 28.0 Å². The van der Waals surface area contributed by atoms with Gasteiger partial charge in [0.25, 0.3) is 0 Å². The fraction of sp³-hybridized carbons (Fsp3) is 0.0952. The molecular formula is C21H11Cl3F3N3O3. The maximum Gasteiger partial charge on any atom is 0.435 e. The summed E-state index contributed by atoms with van der Waals surface area (Å²) in [4.78, 5) is 12.6. The van der Waals surface area contributed by atoms with Gasteiger partial charge in [0.15, 0.2) is 11.5 Å². The van der Waals surface area contributed by atoms with Crippen molar-refractivity contribution in [3.05, 3.63) is 75.0 Å². The molecule has 12 heteroatoms. The summed E-state index contributed by atoms with van der Waals surface area (Å²) in [5.41, 5.74) is -2.04. The Morgan fingerprint density at radius 1 is 1.09 bits per heavy atom. The number of benzene rings is 2. The molecule has 0 fully saturated rings. The summed E-state index contributed by atoms with van der Waals surface area (Å²) in [5.74, 6) is -1.51. The predicted molar refractivity (Wildman–Crippen MR) is 116 cm³/mol. The summed E-state index contributed by atoms with van der Waals surface area (Å²) in [6.07, 6.45) is -3.83. The number of hydrogen-bond acceptors (Lipinski definition) is 5. The molecule has 0 radical (unpaired) electrons. The highest BCUT2D eigenvalue weighted by Gasteiger charge is 2.41. The molecule has 4 aromatic rings. The van der Waals surface area contributed by atoms with E-state index >= 15 is 0 Å². The van der Waals surface area contributed by atoms with Crippen LogP contribution < -0.4 is 0 Å². The van der Waals surface area contributed by atoms with Gasteiger partial charge in [0, 0.05) is 16.8 Å². The first-order valence-corrected chi connectivity index (χ1v) is 10.2. The van der Waals surface area contributed by atoms with E-state index in [0.29, 0.717) is 5.02 Å². The Kier molecular flexibility index (Phi) is 6.13. The molecule has 4 rings (SSSR count). The number of carbonyl (C=O) groups excluding carboxylic acids is 1. The lowest BCUT2D eigenvalue weighted by atomic mass is 10.0. The second-order valence-electron chi connectivity index (χ2n) is 6.64. The Bertz CT molecular complexity index is 1350. The minimum atomic E-state index is -4.89. The number of ether oxygens (including phenoxy) is 1. The summed E-state index contributed by atoms with van der Waals surface area (Å²) >= 11 is 18.4. The summed E-state index contributed by atoms with van der Waals surface area (Å²) in [6, 6.07) is 10.6. The van der Waals surface area contributed by atoms with Crippen LogP contribution >= 0.6 is 34.8 Å². The van der Waals surface area contributed by atoms with Crippen LogP contribution in [0.15, 0.2) is 53.2 Å². The van der Waals surface area contributed by atoms with Crippen LogP contribution in [0.25, 0.3) is 28.3 Å². The number of nitrogens with zero attached hydrogens (tertiary/aromatic N) is 3. The first-order valence-electron chi connectivity index (χ1n) is 9.07. The number of methoxy groups -OCH3 is 1. The molecule has 0 aliphatic rings. The molecule has 2 aromatic heterocycles. The van der Waals surface area contributed by atoms with Crippen molar-refractivity contribution in [2.45, 2.75) is 6.18 Å². The molecule has 0 unspecified atom stereocenters. The van der Waals surface area contributed by atoms with Crippen molar-refractivity contribution < 1.29 is 27.2 Å². The maximum atomic E-state index is 13.9. The standard InChI is InChI=1S/C21H11Cl3F3N3O3/c1-32-20(31)16-17(15-13(23)6-3-7-14(15)24)29-33-18(16)12-9-30(28-19(12)21(25,26)27)11-5-2-4-10(22)8-11/h2-9H,1H3. The monoisotopic (exact) mass is 515 g/mol. The topological polar surface area (TPSA) is 70.2 Å². The van der Waals surface area contributed by atoms with Gasteiger partial charge in [-0.1, -0.05) is 52.1 Å². The highest BCUT2D eigenvalue weighted by atomic mass is 35.5. The Morgan fingerprint density at radius 3 is 2.36 bits per heavy atom. The Balaban J connectivity index is 2.00. The highest BCUT2D eigenvalue weighted by Crippen LogP contribution is 2.43. The van der Waals surface area contributed by atoms with Crippen molar-refractivity contribution in [3.63, 3.8) is 0 Å². The van der Waals surface area contributed by atoms with Gasteiger partial charge in [-0.2, -0.15) is 18.3 Å². The zero-order valence-corrected chi connectivity index (χ0v) is 18.7. The molecule has 2 aromatic carbocycles. The van der Waals surface area contributed by atoms with E-state index in [0.717, 1.165) is 18.0 Å². The summed E-state index contributed by atoms with van der Waals surface area (Å²) in [7, 11) is 1.07. The minimum Gasteiger partial charge on any atom is -0.465 e. The Morgan fingerprint density at radius 2 is 1.76 bits per heavy atom. The molecule has 0 bridgehead atoms. The molecule has 0 N–H and O–H groups in total. The summed E-state index contributed by atoms with van der Waals surface area (Å²) in [6.45, 7) is 0. The van der Waals surface area contributed by atoms with Crippen molar-refractivity contribution >= 4 is 40.8 Å². The van der Waals surface area contributed by atoms with E-state index in [1.807, 2.05) is 0 Å². The van der Waals surface area contributed by atoms with Crippen LogP contribution in [0.4, 0.5) is 13.2 Å². The first-order chi connectivity index (χ1) is 15.6. The minimum absolute atomic E-state index is 0.104. The fourth-order valence-electron chi connectivity index (χ4n) is 3.16. The van der Waals surface area contributed by atoms with Crippen molar-refractivity contribution in [3.8, 4) is 28.3 Å². The molecular weight excluding hydrogens is 506 g/mol. The SMILES string of the molecule is COC(=O)c1c(-c2c(Cl)cccc2Cl)noc1-c1cn(-c2cccc(Cl)c2)nc1C(F)(F)F. The molecule has 0 aliphatic heterocycles. The first kappa shape index (κ1) is 23.2. The molecule has 0 saturated carbocycles. The molecule has 6 nitrogen and oxygen atoms in total. The zero-order valence-electron chi connectivity index (χ0n) is 16.5. The number of hydrogen-bond donors (Lipinski definition) is 0. The number of carbonyl (C=O) groups is 1. The normalized spacial score (nSPS) is 11.6. The highest BCUT2D eigenvalue weighted by molar-refractivity contribution is 6.39. The van der Waals surface area contributed by atoms with Crippen LogP contribution in [0.1, 0.15) is 16.1 Å². The lowest BCUT2D eigenvalue weighted by Crippen LogP contribution is -2.10. The Hall–Kier alpha value is -3.01. The molecule has 0 aliphatic carbocycles. The van der Waals surface area contributed by atoms with E-state index < -0.39 is 29.2 Å². The van der Waals surface area contributed by atoms with Crippen LogP contribution in [0, 0.1) is 0 Å². The van der Waals surface area contributed by atoms with Crippen molar-refractivity contribution in [1.82, 2.24) is 14.9 Å².